The second kappa shape index (κ2) is 10.6. The summed E-state index contributed by atoms with van der Waals surface area (Å²) in [5.74, 6) is -2.20. The number of nitrogens with one attached hydrogen (secondary N) is 1. The zero-order chi connectivity index (χ0) is 27.7. The molecule has 1 aliphatic rings. The van der Waals surface area contributed by atoms with Gasteiger partial charge in [0.05, 0.1) is 24.6 Å². The topological polar surface area (TPSA) is 92.9 Å². The molecule has 0 spiro atoms. The third kappa shape index (κ3) is 5.84. The first kappa shape index (κ1) is 26.5. The molecule has 1 aliphatic carbocycles. The van der Waals surface area contributed by atoms with Gasteiger partial charge in [-0.2, -0.15) is 13.2 Å². The minimum atomic E-state index is -4.47. The van der Waals surface area contributed by atoms with Crippen LogP contribution in [0.5, 0.6) is 0 Å². The highest BCUT2D eigenvalue weighted by molar-refractivity contribution is 6.05. The number of anilines is 1. The number of Topliss-reactive ketones (excluding diaryl/α,β-unsaturated/α-hetero) is 1. The number of amides is 1. The highest BCUT2D eigenvalue weighted by atomic mass is 19.4. The first-order chi connectivity index (χ1) is 18.6. The monoisotopic (exact) mass is 541 g/mol. The molecule has 0 unspecified atom stereocenters. The number of fused-ring (bicyclic) bond motifs is 2. The van der Waals surface area contributed by atoms with E-state index in [9.17, 15) is 32.3 Å². The number of imidazole rings is 1. The molecule has 0 saturated carbocycles. The summed E-state index contributed by atoms with van der Waals surface area (Å²) in [6.45, 7) is -1.75. The van der Waals surface area contributed by atoms with Gasteiger partial charge in [0.2, 0.25) is 0 Å². The van der Waals surface area contributed by atoms with E-state index in [4.69, 9.17) is 0 Å². The third-order valence-corrected chi connectivity index (χ3v) is 6.62. The second-order valence-electron chi connectivity index (χ2n) is 9.37. The van der Waals surface area contributed by atoms with Crippen LogP contribution in [0, 0.1) is 5.82 Å². The Morgan fingerprint density at radius 2 is 1.92 bits per heavy atom. The number of aliphatic hydroxyl groups excluding tert-OH is 1. The largest absolute Gasteiger partial charge is 0.411 e. The Hall–Kier alpha value is -4.09. The van der Waals surface area contributed by atoms with Gasteiger partial charge in [-0.15, -0.1) is 0 Å². The maximum atomic E-state index is 14.6. The molecule has 5 rings (SSSR count). The molecule has 4 aromatic rings. The minimum Gasteiger partial charge on any atom is -0.392 e. The number of rotatable bonds is 8. The number of ketones is 1. The van der Waals surface area contributed by atoms with Crippen LogP contribution in [0.2, 0.25) is 0 Å². The van der Waals surface area contributed by atoms with Gasteiger partial charge in [0.15, 0.2) is 5.78 Å². The van der Waals surface area contributed by atoms with Gasteiger partial charge in [0, 0.05) is 24.1 Å². The van der Waals surface area contributed by atoms with E-state index >= 15 is 0 Å². The number of carbonyl (C=O) groups excluding carboxylic acids is 2. The summed E-state index contributed by atoms with van der Waals surface area (Å²) in [6.07, 6.45) is -2.04. The van der Waals surface area contributed by atoms with Gasteiger partial charge < -0.3 is 15.2 Å². The molecule has 1 amide bonds. The van der Waals surface area contributed by atoms with Gasteiger partial charge in [-0.1, -0.05) is 30.3 Å². The van der Waals surface area contributed by atoms with Gasteiger partial charge in [-0.25, -0.2) is 9.37 Å². The molecule has 0 radical (unpaired) electrons. The van der Waals surface area contributed by atoms with E-state index in [2.05, 4.69) is 15.0 Å². The summed E-state index contributed by atoms with van der Waals surface area (Å²) in [7, 11) is 0. The van der Waals surface area contributed by atoms with Gasteiger partial charge >= 0.3 is 6.18 Å². The van der Waals surface area contributed by atoms with Crippen molar-refractivity contribution in [1.82, 2.24) is 9.38 Å². The highest BCUT2D eigenvalue weighted by Gasteiger charge is 2.32. The Kier molecular flexibility index (Phi) is 7.19. The fraction of sp³-hybridized carbons (Fsp3) is 0.250. The lowest BCUT2D eigenvalue weighted by Gasteiger charge is -2.15. The molecule has 11 heteroatoms. The standard InChI is InChI=1S/C28H23F4N3O4/c29-21-7-6-18(24(36)11-20-19-4-2-1-3-17(19)10-25(20)37)9-22(21)34-27(38)23-12-33-26-8-5-16(13-35(23)26)14-39-15-28(30,31)32/h1-9,12-13,20,25,37H,10-11,14-15H2,(H,34,38)/t20-,25+/m0/s1. The van der Waals surface area contributed by atoms with E-state index < -0.39 is 30.6 Å². The lowest BCUT2D eigenvalue weighted by atomic mass is 9.91. The number of hydrogen-bond donors (Lipinski definition) is 2. The summed E-state index contributed by atoms with van der Waals surface area (Å²) in [5.41, 5.74) is 2.56. The molecule has 39 heavy (non-hydrogen) atoms. The lowest BCUT2D eigenvalue weighted by molar-refractivity contribution is -0.176. The number of benzene rings is 2. The fourth-order valence-corrected chi connectivity index (χ4v) is 4.76. The van der Waals surface area contributed by atoms with Crippen LogP contribution in [0.25, 0.3) is 5.65 Å². The van der Waals surface area contributed by atoms with E-state index in [-0.39, 0.29) is 41.7 Å². The van der Waals surface area contributed by atoms with E-state index in [1.54, 1.807) is 0 Å². The Morgan fingerprint density at radius 1 is 1.13 bits per heavy atom. The van der Waals surface area contributed by atoms with Crippen molar-refractivity contribution >= 4 is 23.0 Å². The molecule has 2 heterocycles. The van der Waals surface area contributed by atoms with Crippen LogP contribution in [0.4, 0.5) is 23.2 Å². The normalized spacial score (nSPS) is 16.8. The molecule has 0 aliphatic heterocycles. The number of halogens is 4. The Balaban J connectivity index is 1.31. The molecule has 7 nitrogen and oxygen atoms in total. The van der Waals surface area contributed by atoms with Crippen molar-refractivity contribution in [3.05, 3.63) is 101 Å². The van der Waals surface area contributed by atoms with Crippen LogP contribution < -0.4 is 5.32 Å². The molecule has 2 N–H and O–H groups in total. The Bertz CT molecular complexity index is 1550. The quantitative estimate of drug-likeness (QED) is 0.240. The first-order valence-electron chi connectivity index (χ1n) is 12.1. The molecule has 0 fully saturated rings. The van der Waals surface area contributed by atoms with Crippen LogP contribution in [-0.2, 0) is 17.8 Å². The summed E-state index contributed by atoms with van der Waals surface area (Å²) in [4.78, 5) is 30.2. The average molecular weight is 542 g/mol. The van der Waals surface area contributed by atoms with Crippen LogP contribution in [0.1, 0.15) is 49.9 Å². The molecule has 2 aromatic heterocycles. The fourth-order valence-electron chi connectivity index (χ4n) is 4.76. The average Bonchev–Trinajstić information content (AvgIpc) is 3.45. The zero-order valence-corrected chi connectivity index (χ0v) is 20.4. The Labute approximate surface area is 220 Å². The van der Waals surface area contributed by atoms with Crippen molar-refractivity contribution in [2.45, 2.75) is 37.6 Å². The predicted molar refractivity (Wildman–Crippen MR) is 133 cm³/mol. The number of nitrogens with zero attached hydrogens (tertiary/aromatic N) is 2. The third-order valence-electron chi connectivity index (χ3n) is 6.62. The van der Waals surface area contributed by atoms with E-state index in [1.807, 2.05) is 24.3 Å². The van der Waals surface area contributed by atoms with Crippen LogP contribution in [-0.4, -0.2) is 45.1 Å². The molecular weight excluding hydrogens is 518 g/mol. The summed E-state index contributed by atoms with van der Waals surface area (Å²) >= 11 is 0. The van der Waals surface area contributed by atoms with Gasteiger partial charge in [0.1, 0.15) is 23.8 Å². The number of alkyl halides is 3. The molecule has 202 valence electrons. The SMILES string of the molecule is O=C(C[C@H]1c2ccccc2C[C@H]1O)c1ccc(F)c(NC(=O)c2cnc3ccc(COCC(F)(F)F)cn23)c1. The van der Waals surface area contributed by atoms with Crippen molar-refractivity contribution in [3.63, 3.8) is 0 Å². The van der Waals surface area contributed by atoms with Crippen molar-refractivity contribution in [2.75, 3.05) is 11.9 Å². The van der Waals surface area contributed by atoms with Crippen molar-refractivity contribution in [1.29, 1.82) is 0 Å². The second-order valence-corrected chi connectivity index (χ2v) is 9.37. The van der Waals surface area contributed by atoms with E-state index in [1.165, 1.54) is 41.1 Å². The van der Waals surface area contributed by atoms with Crippen LogP contribution in [0.3, 0.4) is 0 Å². The van der Waals surface area contributed by atoms with Crippen LogP contribution >= 0.6 is 0 Å². The number of pyridine rings is 1. The lowest BCUT2D eigenvalue weighted by Crippen LogP contribution is -2.18. The minimum absolute atomic E-state index is 0.00415. The molecule has 0 saturated heterocycles. The van der Waals surface area contributed by atoms with Gasteiger partial charge in [0.25, 0.3) is 5.91 Å². The van der Waals surface area contributed by atoms with E-state index in [0.29, 0.717) is 17.6 Å². The maximum Gasteiger partial charge on any atom is 0.411 e. The van der Waals surface area contributed by atoms with Crippen LogP contribution in [0.15, 0.2) is 67.0 Å². The maximum absolute atomic E-state index is 14.6. The summed E-state index contributed by atoms with van der Waals surface area (Å²) < 4.78 is 57.8. The molecule has 0 bridgehead atoms. The van der Waals surface area contributed by atoms with E-state index in [0.717, 1.165) is 17.2 Å². The number of aliphatic hydroxyl groups is 1. The summed E-state index contributed by atoms with van der Waals surface area (Å²) in [5, 5.41) is 12.9. The molecule has 2 atom stereocenters. The number of aromatic nitrogens is 2. The Morgan fingerprint density at radius 3 is 2.72 bits per heavy atom. The number of carbonyl (C=O) groups is 2. The zero-order valence-electron chi connectivity index (χ0n) is 20.4. The van der Waals surface area contributed by atoms with Crippen molar-refractivity contribution in [3.8, 4) is 0 Å². The summed E-state index contributed by atoms with van der Waals surface area (Å²) in [6, 6.07) is 14.2. The van der Waals surface area contributed by atoms with Gasteiger partial charge in [-0.3, -0.25) is 14.0 Å². The number of ether oxygens (including phenoxy) is 1. The van der Waals surface area contributed by atoms with Gasteiger partial charge in [-0.05, 0) is 47.4 Å². The first-order valence-corrected chi connectivity index (χ1v) is 12.1. The highest BCUT2D eigenvalue weighted by Crippen LogP contribution is 2.36. The number of hydrogen-bond acceptors (Lipinski definition) is 5. The predicted octanol–water partition coefficient (Wildman–Crippen LogP) is 5.08. The molecule has 2 aromatic carbocycles. The van der Waals surface area contributed by atoms with Crippen molar-refractivity contribution in [2.24, 2.45) is 0 Å². The smallest absolute Gasteiger partial charge is 0.392 e. The van der Waals surface area contributed by atoms with Crippen molar-refractivity contribution < 1.29 is 37.0 Å². The molecular formula is C28H23F4N3O4.